The lowest BCUT2D eigenvalue weighted by Crippen LogP contribution is -2.32. The van der Waals surface area contributed by atoms with Gasteiger partial charge in [0.25, 0.3) is 0 Å². The number of ketones is 1. The smallest absolute Gasteiger partial charge is 0.165 e. The Morgan fingerprint density at radius 3 is 2.55 bits per heavy atom. The van der Waals surface area contributed by atoms with Gasteiger partial charge in [-0.2, -0.15) is 0 Å². The zero-order valence-corrected chi connectivity index (χ0v) is 14.4. The van der Waals surface area contributed by atoms with E-state index < -0.39 is 19.4 Å². The number of carbonyl (C=O) groups excluding carboxylic acids is 2. The molecule has 0 saturated heterocycles. The summed E-state index contributed by atoms with van der Waals surface area (Å²) in [6.45, 7) is 6.60. The Balaban J connectivity index is 2.40. The first-order chi connectivity index (χ1) is 10.3. The molecule has 0 fully saturated rings. The molecule has 0 amide bonds. The van der Waals surface area contributed by atoms with E-state index in [0.29, 0.717) is 6.42 Å². The van der Waals surface area contributed by atoms with Crippen molar-refractivity contribution in [3.8, 4) is 11.5 Å². The molecule has 2 atom stereocenters. The van der Waals surface area contributed by atoms with Crippen molar-refractivity contribution in [1.29, 1.82) is 0 Å². The molecule has 114 valence electrons. The van der Waals surface area contributed by atoms with Gasteiger partial charge in [-0.15, -0.1) is 5.54 Å². The van der Waals surface area contributed by atoms with Crippen LogP contribution in [0.3, 0.4) is 0 Å². The van der Waals surface area contributed by atoms with E-state index in [1.54, 1.807) is 6.08 Å². The molecule has 0 heterocycles. The van der Waals surface area contributed by atoms with Gasteiger partial charge in [-0.3, -0.25) is 4.79 Å². The molecule has 1 aliphatic rings. The van der Waals surface area contributed by atoms with Crippen molar-refractivity contribution in [2.24, 2.45) is 11.3 Å². The van der Waals surface area contributed by atoms with Crippen LogP contribution in [-0.2, 0) is 16.0 Å². The molecule has 0 saturated carbocycles. The Labute approximate surface area is 133 Å². The fourth-order valence-corrected chi connectivity index (χ4v) is 3.21. The Morgan fingerprint density at radius 2 is 1.95 bits per heavy atom. The van der Waals surface area contributed by atoms with E-state index in [1.807, 2.05) is 24.3 Å². The molecule has 2 unspecified atom stereocenters. The van der Waals surface area contributed by atoms with Crippen LogP contribution in [0.1, 0.15) is 12.0 Å². The third kappa shape index (κ3) is 4.28. The second-order valence-corrected chi connectivity index (χ2v) is 11.8. The lowest BCUT2D eigenvalue weighted by molar-refractivity contribution is -0.125. The zero-order chi connectivity index (χ0) is 16.2. The predicted molar refractivity (Wildman–Crippen MR) is 92.0 cm³/mol. The molecule has 0 aliphatic heterocycles. The Morgan fingerprint density at radius 1 is 1.27 bits per heavy atom. The number of benzene rings is 1. The zero-order valence-electron chi connectivity index (χ0n) is 13.4. The van der Waals surface area contributed by atoms with Crippen molar-refractivity contribution < 1.29 is 9.59 Å². The maximum atomic E-state index is 11.8. The van der Waals surface area contributed by atoms with Crippen molar-refractivity contribution in [3.05, 3.63) is 48.0 Å². The summed E-state index contributed by atoms with van der Waals surface area (Å²) in [5, 5.41) is 0. The molecule has 1 aromatic rings. The number of hydrogen-bond acceptors (Lipinski definition) is 2. The number of allylic oxidation sites excluding steroid dienone is 2. The number of carbonyl (C=O) groups is 2. The average Bonchev–Trinajstić information content (AvgIpc) is 2.48. The van der Waals surface area contributed by atoms with E-state index in [-0.39, 0.29) is 5.78 Å². The third-order valence-electron chi connectivity index (χ3n) is 3.73. The highest BCUT2D eigenvalue weighted by Crippen LogP contribution is 2.35. The molecule has 3 heteroatoms. The molecule has 1 aromatic carbocycles. The molecule has 1 aliphatic carbocycles. The SMILES string of the molecule is C[Si](C)(C)C#CC1(Cc2ccccc2)C=CC(=O)C(C=O)C1. The summed E-state index contributed by atoms with van der Waals surface area (Å²) in [7, 11) is -1.52. The summed E-state index contributed by atoms with van der Waals surface area (Å²) < 4.78 is 0. The van der Waals surface area contributed by atoms with E-state index in [2.05, 4.69) is 43.2 Å². The molecule has 22 heavy (non-hydrogen) atoms. The average molecular weight is 310 g/mol. The van der Waals surface area contributed by atoms with Crippen LogP contribution < -0.4 is 0 Å². The Bertz CT molecular complexity index is 643. The van der Waals surface area contributed by atoms with Gasteiger partial charge in [0, 0.05) is 0 Å². The van der Waals surface area contributed by atoms with Gasteiger partial charge in [0.05, 0.1) is 11.3 Å². The van der Waals surface area contributed by atoms with Crippen LogP contribution in [0, 0.1) is 22.8 Å². The second kappa shape index (κ2) is 6.45. The van der Waals surface area contributed by atoms with Gasteiger partial charge in [0.2, 0.25) is 0 Å². The van der Waals surface area contributed by atoms with Gasteiger partial charge in [-0.05, 0) is 24.5 Å². The maximum Gasteiger partial charge on any atom is 0.165 e. The van der Waals surface area contributed by atoms with E-state index >= 15 is 0 Å². The van der Waals surface area contributed by atoms with E-state index in [4.69, 9.17) is 0 Å². The van der Waals surface area contributed by atoms with Gasteiger partial charge in [0.1, 0.15) is 14.4 Å². The van der Waals surface area contributed by atoms with Crippen molar-refractivity contribution in [2.75, 3.05) is 0 Å². The standard InChI is InChI=1S/C19H22O2Si/c1-22(2,3)12-11-19(13-16-7-5-4-6-8-16)10-9-18(21)17(14-19)15-20/h4-10,15,17H,13-14H2,1-3H3. The highest BCUT2D eigenvalue weighted by molar-refractivity contribution is 6.83. The minimum absolute atomic E-state index is 0.103. The second-order valence-electron chi connectivity index (χ2n) is 7.00. The first-order valence-corrected chi connectivity index (χ1v) is 11.1. The summed E-state index contributed by atoms with van der Waals surface area (Å²) in [4.78, 5) is 23.0. The first-order valence-electron chi connectivity index (χ1n) is 7.60. The summed E-state index contributed by atoms with van der Waals surface area (Å²) in [6, 6.07) is 10.1. The van der Waals surface area contributed by atoms with Crippen molar-refractivity contribution >= 4 is 20.1 Å². The molecule has 2 nitrogen and oxygen atoms in total. The summed E-state index contributed by atoms with van der Waals surface area (Å²) in [6.07, 6.45) is 5.44. The molecule has 2 rings (SSSR count). The van der Waals surface area contributed by atoms with Gasteiger partial charge >= 0.3 is 0 Å². The third-order valence-corrected chi connectivity index (χ3v) is 4.60. The molecule has 0 spiro atoms. The van der Waals surface area contributed by atoms with Crippen LogP contribution in [0.4, 0.5) is 0 Å². The predicted octanol–water partition coefficient (Wildman–Crippen LogP) is 3.44. The largest absolute Gasteiger partial charge is 0.303 e. The summed E-state index contributed by atoms with van der Waals surface area (Å²) in [5.74, 6) is 2.75. The first kappa shape index (κ1) is 16.4. The minimum atomic E-state index is -1.52. The van der Waals surface area contributed by atoms with E-state index in [1.165, 1.54) is 5.56 Å². The summed E-state index contributed by atoms with van der Waals surface area (Å²) >= 11 is 0. The van der Waals surface area contributed by atoms with Crippen LogP contribution in [0.2, 0.25) is 19.6 Å². The van der Waals surface area contributed by atoms with Gasteiger partial charge in [-0.1, -0.05) is 62.0 Å². The number of hydrogen-bond donors (Lipinski definition) is 0. The number of rotatable bonds is 3. The van der Waals surface area contributed by atoms with Crippen LogP contribution in [0.15, 0.2) is 42.5 Å². The van der Waals surface area contributed by atoms with Gasteiger partial charge in [0.15, 0.2) is 5.78 Å². The Hall–Kier alpha value is -1.92. The lowest BCUT2D eigenvalue weighted by Gasteiger charge is -2.31. The molecule has 0 radical (unpaired) electrons. The van der Waals surface area contributed by atoms with Crippen LogP contribution in [0.5, 0.6) is 0 Å². The summed E-state index contributed by atoms with van der Waals surface area (Å²) in [5.41, 5.74) is 4.18. The van der Waals surface area contributed by atoms with E-state index in [0.717, 1.165) is 12.7 Å². The van der Waals surface area contributed by atoms with Gasteiger partial charge in [-0.25, -0.2) is 0 Å². The fourth-order valence-electron chi connectivity index (χ4n) is 2.58. The Kier molecular flexibility index (Phi) is 4.83. The fraction of sp³-hybridized carbons (Fsp3) is 0.368. The monoisotopic (exact) mass is 310 g/mol. The minimum Gasteiger partial charge on any atom is -0.303 e. The van der Waals surface area contributed by atoms with Crippen molar-refractivity contribution in [3.63, 3.8) is 0 Å². The van der Waals surface area contributed by atoms with Gasteiger partial charge < -0.3 is 4.79 Å². The van der Waals surface area contributed by atoms with Crippen molar-refractivity contribution in [2.45, 2.75) is 32.5 Å². The molecule has 0 bridgehead atoms. The molecule has 0 N–H and O–H groups in total. The van der Waals surface area contributed by atoms with Crippen molar-refractivity contribution in [1.82, 2.24) is 0 Å². The van der Waals surface area contributed by atoms with Crippen LogP contribution >= 0.6 is 0 Å². The normalized spacial score (nSPS) is 24.5. The van der Waals surface area contributed by atoms with Crippen LogP contribution in [-0.4, -0.2) is 20.1 Å². The number of aldehydes is 1. The van der Waals surface area contributed by atoms with E-state index in [9.17, 15) is 9.59 Å². The lowest BCUT2D eigenvalue weighted by atomic mass is 9.71. The molecular weight excluding hydrogens is 288 g/mol. The topological polar surface area (TPSA) is 34.1 Å². The van der Waals surface area contributed by atoms with Crippen LogP contribution in [0.25, 0.3) is 0 Å². The molecular formula is C19H22O2Si. The highest BCUT2D eigenvalue weighted by atomic mass is 28.3. The quantitative estimate of drug-likeness (QED) is 0.371. The highest BCUT2D eigenvalue weighted by Gasteiger charge is 2.35. The maximum absolute atomic E-state index is 11.8. The molecule has 0 aromatic heterocycles.